The van der Waals surface area contributed by atoms with Crippen molar-refractivity contribution in [2.45, 2.75) is 6.17 Å². The highest BCUT2D eigenvalue weighted by molar-refractivity contribution is 7.07. The molecule has 1 fully saturated rings. The van der Waals surface area contributed by atoms with Crippen LogP contribution in [-0.4, -0.2) is 28.2 Å². The zero-order valence-electron chi connectivity index (χ0n) is 6.57. The van der Waals surface area contributed by atoms with Gasteiger partial charge >= 0.3 is 0 Å². The van der Waals surface area contributed by atoms with E-state index in [1.165, 1.54) is 6.20 Å². The second-order valence-corrected chi connectivity index (χ2v) is 3.24. The number of hydrogen-bond donors (Lipinski definition) is 4. The number of carbonyl (C=O) groups is 1. The SMILES string of the molecule is O=C(NC1CNNN1)c1cnns1. The van der Waals surface area contributed by atoms with Crippen LogP contribution in [0, 0.1) is 0 Å². The van der Waals surface area contributed by atoms with Crippen molar-refractivity contribution in [1.29, 1.82) is 0 Å². The summed E-state index contributed by atoms with van der Waals surface area (Å²) in [6.45, 7) is 0.637. The van der Waals surface area contributed by atoms with Crippen molar-refractivity contribution in [3.63, 3.8) is 0 Å². The lowest BCUT2D eigenvalue weighted by Crippen LogP contribution is -2.45. The molecular formula is C5H8N6OS. The Labute approximate surface area is 78.0 Å². The van der Waals surface area contributed by atoms with Crippen LogP contribution in [0.15, 0.2) is 6.20 Å². The zero-order chi connectivity index (χ0) is 9.10. The van der Waals surface area contributed by atoms with Crippen molar-refractivity contribution in [2.75, 3.05) is 6.54 Å². The van der Waals surface area contributed by atoms with Gasteiger partial charge in [-0.15, -0.1) is 5.10 Å². The predicted octanol–water partition coefficient (Wildman–Crippen LogP) is -1.79. The molecule has 0 spiro atoms. The molecule has 2 rings (SSSR count). The Balaban J connectivity index is 1.91. The smallest absolute Gasteiger partial charge is 0.265 e. The van der Waals surface area contributed by atoms with E-state index in [-0.39, 0.29) is 12.1 Å². The first-order valence-corrected chi connectivity index (χ1v) is 4.45. The van der Waals surface area contributed by atoms with Crippen LogP contribution >= 0.6 is 11.5 Å². The standard InChI is InChI=1S/C5H8N6OS/c12-5(3-1-7-11-13-3)8-4-2-6-10-9-4/h1,4,6,9-10H,2H2,(H,8,12). The summed E-state index contributed by atoms with van der Waals surface area (Å²) in [5, 5.41) is 6.31. The summed E-state index contributed by atoms with van der Waals surface area (Å²) >= 11 is 1.07. The Kier molecular flexibility index (Phi) is 2.45. The van der Waals surface area contributed by atoms with Gasteiger partial charge in [-0.2, -0.15) is 5.53 Å². The topological polar surface area (TPSA) is 91.0 Å². The van der Waals surface area contributed by atoms with Gasteiger partial charge in [0.15, 0.2) is 0 Å². The number of hydrazine groups is 2. The van der Waals surface area contributed by atoms with Crippen LogP contribution in [0.2, 0.25) is 0 Å². The molecule has 1 unspecified atom stereocenters. The fraction of sp³-hybridized carbons (Fsp3) is 0.400. The molecule has 7 nitrogen and oxygen atoms in total. The van der Waals surface area contributed by atoms with Crippen molar-refractivity contribution < 1.29 is 4.79 Å². The highest BCUT2D eigenvalue weighted by Gasteiger charge is 2.17. The summed E-state index contributed by atoms with van der Waals surface area (Å²) in [5.74, 6) is -0.169. The largest absolute Gasteiger partial charge is 0.333 e. The molecule has 0 aliphatic carbocycles. The maximum absolute atomic E-state index is 11.4. The van der Waals surface area contributed by atoms with E-state index in [0.717, 1.165) is 11.5 Å². The molecule has 1 atom stereocenters. The van der Waals surface area contributed by atoms with Crippen molar-refractivity contribution in [2.24, 2.45) is 0 Å². The van der Waals surface area contributed by atoms with Gasteiger partial charge in [-0.25, -0.2) is 10.9 Å². The molecule has 1 saturated heterocycles. The molecule has 0 bridgehead atoms. The molecule has 1 aromatic heterocycles. The lowest BCUT2D eigenvalue weighted by Gasteiger charge is -2.08. The predicted molar refractivity (Wildman–Crippen MR) is 45.4 cm³/mol. The molecule has 1 aromatic rings. The number of nitrogens with one attached hydrogen (secondary N) is 4. The van der Waals surface area contributed by atoms with Crippen molar-refractivity contribution in [1.82, 2.24) is 31.3 Å². The van der Waals surface area contributed by atoms with E-state index < -0.39 is 0 Å². The van der Waals surface area contributed by atoms with Gasteiger partial charge in [0, 0.05) is 6.54 Å². The summed E-state index contributed by atoms with van der Waals surface area (Å²) in [6, 6.07) is 0. The van der Waals surface area contributed by atoms with Crippen LogP contribution in [-0.2, 0) is 0 Å². The van der Waals surface area contributed by atoms with Gasteiger partial charge in [-0.1, -0.05) is 4.49 Å². The van der Waals surface area contributed by atoms with Crippen LogP contribution in [0.4, 0.5) is 0 Å². The maximum Gasteiger partial charge on any atom is 0.265 e. The van der Waals surface area contributed by atoms with Gasteiger partial charge in [0.05, 0.1) is 6.20 Å². The second-order valence-electron chi connectivity index (χ2n) is 2.46. The van der Waals surface area contributed by atoms with Crippen LogP contribution < -0.4 is 21.7 Å². The number of hydrogen-bond acceptors (Lipinski definition) is 7. The third kappa shape index (κ3) is 1.98. The summed E-state index contributed by atoms with van der Waals surface area (Å²) in [7, 11) is 0. The van der Waals surface area contributed by atoms with Gasteiger partial charge < -0.3 is 5.32 Å². The van der Waals surface area contributed by atoms with Gasteiger partial charge in [0.25, 0.3) is 5.91 Å². The fourth-order valence-electron chi connectivity index (χ4n) is 0.926. The Morgan fingerprint density at radius 1 is 1.77 bits per heavy atom. The Bertz CT molecular complexity index is 281. The third-order valence-electron chi connectivity index (χ3n) is 1.53. The van der Waals surface area contributed by atoms with Crippen molar-refractivity contribution in [3.05, 3.63) is 11.1 Å². The Hall–Kier alpha value is -1.09. The van der Waals surface area contributed by atoms with Crippen molar-refractivity contribution >= 4 is 17.4 Å². The summed E-state index contributed by atoms with van der Waals surface area (Å²) in [4.78, 5) is 11.9. The van der Waals surface area contributed by atoms with E-state index >= 15 is 0 Å². The number of carbonyl (C=O) groups excluding carboxylic acids is 1. The first kappa shape index (κ1) is 8.51. The molecule has 70 valence electrons. The molecule has 13 heavy (non-hydrogen) atoms. The average molecular weight is 200 g/mol. The highest BCUT2D eigenvalue weighted by Crippen LogP contribution is 2.01. The first-order chi connectivity index (χ1) is 6.36. The van der Waals surface area contributed by atoms with Crippen LogP contribution in [0.3, 0.4) is 0 Å². The lowest BCUT2D eigenvalue weighted by molar-refractivity contribution is 0.0938. The van der Waals surface area contributed by atoms with E-state index in [0.29, 0.717) is 11.4 Å². The van der Waals surface area contributed by atoms with Gasteiger partial charge in [0.2, 0.25) is 0 Å². The minimum atomic E-state index is -0.169. The summed E-state index contributed by atoms with van der Waals surface area (Å²) in [5.41, 5.74) is 8.32. The van der Waals surface area contributed by atoms with E-state index in [2.05, 4.69) is 31.3 Å². The third-order valence-corrected chi connectivity index (χ3v) is 2.19. The van der Waals surface area contributed by atoms with Gasteiger partial charge in [-0.05, 0) is 11.5 Å². The van der Waals surface area contributed by atoms with E-state index in [4.69, 9.17) is 0 Å². The van der Waals surface area contributed by atoms with E-state index in [1.54, 1.807) is 0 Å². The molecule has 0 aromatic carbocycles. The Morgan fingerprint density at radius 3 is 3.31 bits per heavy atom. The molecule has 4 N–H and O–H groups in total. The second kappa shape index (κ2) is 3.75. The van der Waals surface area contributed by atoms with Gasteiger partial charge in [0.1, 0.15) is 11.0 Å². The number of nitrogens with zero attached hydrogens (tertiary/aromatic N) is 2. The van der Waals surface area contributed by atoms with Gasteiger partial charge in [-0.3, -0.25) is 4.79 Å². The van der Waals surface area contributed by atoms with E-state index in [9.17, 15) is 4.79 Å². The summed E-state index contributed by atoms with van der Waals surface area (Å²) in [6.07, 6.45) is 1.34. The molecular weight excluding hydrogens is 192 g/mol. The monoisotopic (exact) mass is 200 g/mol. The molecule has 0 saturated carbocycles. The molecule has 2 heterocycles. The minimum Gasteiger partial charge on any atom is -0.333 e. The molecule has 1 amide bonds. The quantitative estimate of drug-likeness (QED) is 0.450. The minimum absolute atomic E-state index is 0.102. The number of aromatic nitrogens is 2. The fourth-order valence-corrected chi connectivity index (χ4v) is 1.34. The normalized spacial score (nSPS) is 21.7. The molecule has 1 aliphatic heterocycles. The lowest BCUT2D eigenvalue weighted by atomic mass is 10.4. The first-order valence-electron chi connectivity index (χ1n) is 3.68. The highest BCUT2D eigenvalue weighted by atomic mass is 32.1. The number of rotatable bonds is 2. The molecule has 8 heteroatoms. The maximum atomic E-state index is 11.4. The average Bonchev–Trinajstić information content (AvgIpc) is 2.74. The van der Waals surface area contributed by atoms with Crippen LogP contribution in [0.25, 0.3) is 0 Å². The van der Waals surface area contributed by atoms with Crippen molar-refractivity contribution in [3.8, 4) is 0 Å². The Morgan fingerprint density at radius 2 is 2.69 bits per heavy atom. The molecule has 0 radical (unpaired) electrons. The van der Waals surface area contributed by atoms with E-state index in [1.807, 2.05) is 0 Å². The number of amides is 1. The zero-order valence-corrected chi connectivity index (χ0v) is 7.39. The van der Waals surface area contributed by atoms with Crippen LogP contribution in [0.5, 0.6) is 0 Å². The molecule has 1 aliphatic rings. The van der Waals surface area contributed by atoms with Crippen LogP contribution in [0.1, 0.15) is 9.67 Å². The summed E-state index contributed by atoms with van der Waals surface area (Å²) < 4.78 is 3.60.